The van der Waals surface area contributed by atoms with Gasteiger partial charge in [-0.1, -0.05) is 6.07 Å². The van der Waals surface area contributed by atoms with E-state index in [1.54, 1.807) is 6.07 Å². The Morgan fingerprint density at radius 2 is 1.79 bits per heavy atom. The molecule has 0 atom stereocenters. The van der Waals surface area contributed by atoms with Crippen LogP contribution in [-0.4, -0.2) is 58.9 Å². The summed E-state index contributed by atoms with van der Waals surface area (Å²) >= 11 is 0. The Bertz CT molecular complexity index is 1170. The molecule has 3 aromatic rings. The van der Waals surface area contributed by atoms with Gasteiger partial charge in [0, 0.05) is 41.3 Å². The van der Waals surface area contributed by atoms with Gasteiger partial charge in [-0.2, -0.15) is 0 Å². The number of carbonyl (C=O) groups excluding carboxylic acids is 1. The lowest BCUT2D eigenvalue weighted by Crippen LogP contribution is -2.38. The molecule has 7 heteroatoms. The smallest absolute Gasteiger partial charge is 0.255 e. The number of rotatable bonds is 3. The summed E-state index contributed by atoms with van der Waals surface area (Å²) < 4.78 is 15.0. The van der Waals surface area contributed by atoms with E-state index in [9.17, 15) is 4.79 Å². The number of nitrogen functional groups attached to an aromatic ring is 1. The summed E-state index contributed by atoms with van der Waals surface area (Å²) in [4.78, 5) is 25.0. The van der Waals surface area contributed by atoms with Crippen molar-refractivity contribution in [3.05, 3.63) is 58.7 Å². The Labute approximate surface area is 194 Å². The summed E-state index contributed by atoms with van der Waals surface area (Å²) in [6, 6.07) is 7.67. The molecule has 1 aromatic carbocycles. The number of aromatic amines is 1. The Morgan fingerprint density at radius 1 is 1.09 bits per heavy atom. The number of fused-ring (bicyclic) bond motifs is 1. The average molecular weight is 450 g/mol. The van der Waals surface area contributed by atoms with Crippen molar-refractivity contribution in [3.8, 4) is 0 Å². The fourth-order valence-electron chi connectivity index (χ4n) is 5.46. The number of nitrogens with two attached hydrogens (primary N) is 1. The molecule has 0 aliphatic carbocycles. The van der Waals surface area contributed by atoms with Gasteiger partial charge in [-0.25, -0.2) is 9.37 Å². The number of carbonyl (C=O) groups is 1. The topological polar surface area (TPSA) is 78.2 Å². The molecule has 1 amide bonds. The SMILES string of the molecule is Cc1ccc(C(=O)N2CCC(c3c(F)cnc4[nH]c(C5CCN(C)CC5)cc34)CC2)c(N)c1. The summed E-state index contributed by atoms with van der Waals surface area (Å²) in [5, 5.41) is 0.900. The molecule has 0 radical (unpaired) electrons. The summed E-state index contributed by atoms with van der Waals surface area (Å²) in [5.41, 5.74) is 10.9. The van der Waals surface area contributed by atoms with Gasteiger partial charge in [-0.05, 0) is 82.4 Å². The van der Waals surface area contributed by atoms with Crippen molar-refractivity contribution in [2.45, 2.75) is 44.4 Å². The van der Waals surface area contributed by atoms with Gasteiger partial charge in [-0.15, -0.1) is 0 Å². The van der Waals surface area contributed by atoms with Crippen molar-refractivity contribution in [2.75, 3.05) is 39.0 Å². The van der Waals surface area contributed by atoms with Crippen LogP contribution in [-0.2, 0) is 0 Å². The highest BCUT2D eigenvalue weighted by molar-refractivity contribution is 5.99. The summed E-state index contributed by atoms with van der Waals surface area (Å²) in [6.45, 7) is 5.29. The van der Waals surface area contributed by atoms with Gasteiger partial charge in [0.15, 0.2) is 0 Å². The third kappa shape index (κ3) is 4.22. The quantitative estimate of drug-likeness (QED) is 0.580. The van der Waals surface area contributed by atoms with Crippen LogP contribution < -0.4 is 5.73 Å². The highest BCUT2D eigenvalue weighted by atomic mass is 19.1. The molecule has 2 aromatic heterocycles. The van der Waals surface area contributed by atoms with Gasteiger partial charge in [0.2, 0.25) is 0 Å². The molecule has 3 N–H and O–H groups in total. The summed E-state index contributed by atoms with van der Waals surface area (Å²) in [7, 11) is 2.15. The van der Waals surface area contributed by atoms with Crippen LogP contribution in [0.1, 0.15) is 64.7 Å². The molecule has 2 aliphatic rings. The van der Waals surface area contributed by atoms with Crippen molar-refractivity contribution in [1.82, 2.24) is 19.8 Å². The number of amides is 1. The number of aromatic nitrogens is 2. The predicted molar refractivity (Wildman–Crippen MR) is 129 cm³/mol. The van der Waals surface area contributed by atoms with Crippen molar-refractivity contribution in [3.63, 3.8) is 0 Å². The number of H-pyrrole nitrogens is 1. The van der Waals surface area contributed by atoms with Crippen molar-refractivity contribution in [2.24, 2.45) is 0 Å². The third-order valence-corrected chi connectivity index (χ3v) is 7.46. The van der Waals surface area contributed by atoms with Crippen molar-refractivity contribution < 1.29 is 9.18 Å². The molecule has 33 heavy (non-hydrogen) atoms. The van der Waals surface area contributed by atoms with Crippen LogP contribution in [0.2, 0.25) is 0 Å². The lowest BCUT2D eigenvalue weighted by molar-refractivity contribution is 0.0714. The largest absolute Gasteiger partial charge is 0.398 e. The third-order valence-electron chi connectivity index (χ3n) is 7.46. The number of hydrogen-bond donors (Lipinski definition) is 2. The van der Waals surface area contributed by atoms with Crippen LogP contribution in [0, 0.1) is 12.7 Å². The zero-order valence-corrected chi connectivity index (χ0v) is 19.4. The Kier molecular flexibility index (Phi) is 5.83. The van der Waals surface area contributed by atoms with E-state index < -0.39 is 0 Å². The molecule has 0 unspecified atom stereocenters. The molecule has 4 heterocycles. The van der Waals surface area contributed by atoms with E-state index in [0.29, 0.717) is 30.3 Å². The summed E-state index contributed by atoms with van der Waals surface area (Å²) in [6.07, 6.45) is 5.00. The fraction of sp³-hybridized carbons (Fsp3) is 0.462. The molecular formula is C26H32FN5O. The second-order valence-corrected chi connectivity index (χ2v) is 9.74. The normalized spacial score (nSPS) is 18.8. The molecule has 6 nitrogen and oxygen atoms in total. The van der Waals surface area contributed by atoms with Gasteiger partial charge in [0.25, 0.3) is 5.91 Å². The first kappa shape index (κ1) is 21.9. The number of benzene rings is 1. The molecule has 2 aliphatic heterocycles. The number of likely N-dealkylation sites (tertiary alicyclic amines) is 2. The number of hydrogen-bond acceptors (Lipinski definition) is 4. The van der Waals surface area contributed by atoms with Gasteiger partial charge in [0.05, 0.1) is 11.8 Å². The highest BCUT2D eigenvalue weighted by Crippen LogP contribution is 2.37. The van der Waals surface area contributed by atoms with Crippen LogP contribution in [0.5, 0.6) is 0 Å². The first-order chi connectivity index (χ1) is 15.9. The van der Waals surface area contributed by atoms with Crippen LogP contribution >= 0.6 is 0 Å². The van der Waals surface area contributed by atoms with Crippen LogP contribution in [0.3, 0.4) is 0 Å². The number of piperidine rings is 2. The number of anilines is 1. The average Bonchev–Trinajstić information content (AvgIpc) is 3.23. The standard InChI is InChI=1S/C26H32FN5O/c1-16-3-4-19(22(28)13-16)26(33)32-11-7-18(8-12-32)24-20-14-23(17-5-9-31(2)10-6-17)30-25(20)29-15-21(24)27/h3-4,13-15,17-18H,5-12,28H2,1-2H3,(H,29,30). The van der Waals surface area contributed by atoms with E-state index in [4.69, 9.17) is 5.73 Å². The minimum atomic E-state index is -0.246. The van der Waals surface area contributed by atoms with Gasteiger partial charge in [-0.3, -0.25) is 4.79 Å². The Balaban J connectivity index is 1.35. The fourth-order valence-corrected chi connectivity index (χ4v) is 5.46. The maximum atomic E-state index is 15.0. The van der Waals surface area contributed by atoms with E-state index in [1.807, 2.05) is 24.0 Å². The van der Waals surface area contributed by atoms with E-state index >= 15 is 4.39 Å². The highest BCUT2D eigenvalue weighted by Gasteiger charge is 2.29. The molecule has 0 bridgehead atoms. The number of nitrogens with zero attached hydrogens (tertiary/aromatic N) is 3. The maximum absolute atomic E-state index is 15.0. The lowest BCUT2D eigenvalue weighted by atomic mass is 9.87. The van der Waals surface area contributed by atoms with E-state index in [1.165, 1.54) is 11.9 Å². The van der Waals surface area contributed by atoms with Crippen LogP contribution in [0.4, 0.5) is 10.1 Å². The first-order valence-corrected chi connectivity index (χ1v) is 11.9. The lowest BCUT2D eigenvalue weighted by Gasteiger charge is -2.33. The Morgan fingerprint density at radius 3 is 2.48 bits per heavy atom. The first-order valence-electron chi connectivity index (χ1n) is 11.9. The van der Waals surface area contributed by atoms with Crippen LogP contribution in [0.25, 0.3) is 11.0 Å². The molecule has 0 saturated carbocycles. The number of aryl methyl sites for hydroxylation is 1. The molecule has 2 saturated heterocycles. The maximum Gasteiger partial charge on any atom is 0.255 e. The summed E-state index contributed by atoms with van der Waals surface area (Å²) in [5.74, 6) is 0.239. The monoisotopic (exact) mass is 449 g/mol. The second kappa shape index (κ2) is 8.78. The van der Waals surface area contributed by atoms with Crippen molar-refractivity contribution >= 4 is 22.6 Å². The zero-order valence-electron chi connectivity index (χ0n) is 19.4. The zero-order chi connectivity index (χ0) is 23.1. The van der Waals surface area contributed by atoms with Gasteiger partial charge in [0.1, 0.15) is 11.5 Å². The number of nitrogens with one attached hydrogen (secondary N) is 1. The minimum absolute atomic E-state index is 0.0440. The Hall–Kier alpha value is -2.93. The molecule has 0 spiro atoms. The van der Waals surface area contributed by atoms with Crippen molar-refractivity contribution in [1.29, 1.82) is 0 Å². The van der Waals surface area contributed by atoms with Crippen LogP contribution in [0.15, 0.2) is 30.5 Å². The molecule has 5 rings (SSSR count). The van der Waals surface area contributed by atoms with Gasteiger partial charge >= 0.3 is 0 Å². The second-order valence-electron chi connectivity index (χ2n) is 9.74. The molecular weight excluding hydrogens is 417 g/mol. The van der Waals surface area contributed by atoms with E-state index in [-0.39, 0.29) is 17.6 Å². The number of halogens is 1. The van der Waals surface area contributed by atoms with E-state index in [2.05, 4.69) is 28.0 Å². The van der Waals surface area contributed by atoms with E-state index in [0.717, 1.165) is 60.9 Å². The minimum Gasteiger partial charge on any atom is -0.398 e. The molecule has 2 fully saturated rings. The van der Waals surface area contributed by atoms with Gasteiger partial charge < -0.3 is 20.5 Å². The predicted octanol–water partition coefficient (Wildman–Crippen LogP) is 4.42. The molecule has 174 valence electrons. The number of pyridine rings is 1.